The van der Waals surface area contributed by atoms with Gasteiger partial charge in [0.2, 0.25) is 0 Å². The number of phenolic OH excluding ortho intramolecular Hbond substituents is 2. The number of rotatable bonds is 5. The van der Waals surface area contributed by atoms with Gasteiger partial charge in [-0.2, -0.15) is 10.2 Å². The normalized spacial score (nSPS) is 11.0. The minimum Gasteiger partial charge on any atom is -0.507 e. The third-order valence-corrected chi connectivity index (χ3v) is 3.94. The third kappa shape index (κ3) is 5.39. The van der Waals surface area contributed by atoms with E-state index in [1.165, 1.54) is 24.3 Å². The van der Waals surface area contributed by atoms with Crippen LogP contribution in [-0.4, -0.2) is 34.5 Å². The van der Waals surface area contributed by atoms with E-state index < -0.39 is 11.8 Å². The molecule has 0 spiro atoms. The number of hydrazone groups is 2. The van der Waals surface area contributed by atoms with Crippen LogP contribution in [-0.2, 0) is 0 Å². The molecular formula is C16H12Br2N4O4. The number of halogens is 2. The zero-order valence-electron chi connectivity index (χ0n) is 13.0. The predicted octanol–water partition coefficient (Wildman–Crippen LogP) is 2.75. The molecule has 2 amide bonds. The van der Waals surface area contributed by atoms with Gasteiger partial charge in [0, 0.05) is 8.95 Å². The van der Waals surface area contributed by atoms with Crippen LogP contribution >= 0.6 is 31.9 Å². The summed E-state index contributed by atoms with van der Waals surface area (Å²) in [4.78, 5) is 23.7. The maximum absolute atomic E-state index is 11.9. The molecule has 0 radical (unpaired) electrons. The van der Waals surface area contributed by atoms with E-state index in [0.29, 0.717) is 8.95 Å². The standard InChI is InChI=1S/C16H12Br2N4O4/c17-9-1-3-13(23)11(7-9)15(25)21-19-5-6-20-22-16(26)12-8-10(18)2-4-14(12)24/h1-8,23-24H,(H,21,25)(H,22,26)/b19-5+,20-6+. The highest BCUT2D eigenvalue weighted by atomic mass is 79.9. The first-order valence-corrected chi connectivity index (χ1v) is 8.59. The van der Waals surface area contributed by atoms with Crippen LogP contribution in [0.4, 0.5) is 0 Å². The number of hydrogen-bond acceptors (Lipinski definition) is 6. The first kappa shape index (κ1) is 19.6. The molecule has 0 atom stereocenters. The number of amides is 2. The van der Waals surface area contributed by atoms with Crippen LogP contribution in [0.25, 0.3) is 0 Å². The smallest absolute Gasteiger partial charge is 0.275 e. The van der Waals surface area contributed by atoms with Crippen molar-refractivity contribution in [2.45, 2.75) is 0 Å². The third-order valence-electron chi connectivity index (χ3n) is 2.95. The summed E-state index contributed by atoms with van der Waals surface area (Å²) in [7, 11) is 0. The van der Waals surface area contributed by atoms with Crippen molar-refractivity contribution in [2.24, 2.45) is 10.2 Å². The quantitative estimate of drug-likeness (QED) is 0.385. The van der Waals surface area contributed by atoms with E-state index in [-0.39, 0.29) is 22.6 Å². The Labute approximate surface area is 164 Å². The molecule has 2 aromatic carbocycles. The highest BCUT2D eigenvalue weighted by Crippen LogP contribution is 2.22. The van der Waals surface area contributed by atoms with Gasteiger partial charge in [-0.15, -0.1) is 0 Å². The molecule has 0 fully saturated rings. The molecule has 134 valence electrons. The lowest BCUT2D eigenvalue weighted by Crippen LogP contribution is -2.19. The van der Waals surface area contributed by atoms with Crippen molar-refractivity contribution in [3.8, 4) is 11.5 Å². The molecule has 0 bridgehead atoms. The summed E-state index contributed by atoms with van der Waals surface area (Å²) < 4.78 is 1.26. The van der Waals surface area contributed by atoms with Gasteiger partial charge in [-0.3, -0.25) is 9.59 Å². The fraction of sp³-hybridized carbons (Fsp3) is 0. The Balaban J connectivity index is 1.88. The van der Waals surface area contributed by atoms with Crippen molar-refractivity contribution in [1.29, 1.82) is 0 Å². The Hall–Kier alpha value is -2.72. The molecule has 10 heteroatoms. The second-order valence-electron chi connectivity index (χ2n) is 4.76. The zero-order valence-corrected chi connectivity index (χ0v) is 16.2. The molecule has 0 heterocycles. The van der Waals surface area contributed by atoms with E-state index in [0.717, 1.165) is 12.4 Å². The van der Waals surface area contributed by atoms with Gasteiger partial charge in [0.1, 0.15) is 11.5 Å². The van der Waals surface area contributed by atoms with E-state index in [1.807, 2.05) is 0 Å². The van der Waals surface area contributed by atoms with Crippen LogP contribution in [0.15, 0.2) is 55.5 Å². The summed E-state index contributed by atoms with van der Waals surface area (Å²) in [5, 5.41) is 26.5. The average Bonchev–Trinajstić information content (AvgIpc) is 2.61. The monoisotopic (exact) mass is 482 g/mol. The number of nitrogens with one attached hydrogen (secondary N) is 2. The molecule has 0 unspecified atom stereocenters. The lowest BCUT2D eigenvalue weighted by atomic mass is 10.2. The molecule has 26 heavy (non-hydrogen) atoms. The van der Waals surface area contributed by atoms with Gasteiger partial charge in [0.05, 0.1) is 23.6 Å². The molecule has 0 saturated carbocycles. The maximum atomic E-state index is 11.9. The Bertz CT molecular complexity index is 826. The van der Waals surface area contributed by atoms with Crippen molar-refractivity contribution in [1.82, 2.24) is 10.9 Å². The van der Waals surface area contributed by atoms with Crippen molar-refractivity contribution in [2.75, 3.05) is 0 Å². The van der Waals surface area contributed by atoms with Gasteiger partial charge in [0.25, 0.3) is 11.8 Å². The van der Waals surface area contributed by atoms with E-state index in [9.17, 15) is 19.8 Å². The first-order valence-electron chi connectivity index (χ1n) is 7.01. The molecule has 4 N–H and O–H groups in total. The van der Waals surface area contributed by atoms with Crippen LogP contribution in [0, 0.1) is 0 Å². The van der Waals surface area contributed by atoms with E-state index >= 15 is 0 Å². The Morgan fingerprint density at radius 3 is 1.58 bits per heavy atom. The molecule has 2 rings (SSSR count). The largest absolute Gasteiger partial charge is 0.507 e. The van der Waals surface area contributed by atoms with Gasteiger partial charge < -0.3 is 10.2 Å². The van der Waals surface area contributed by atoms with Gasteiger partial charge in [-0.25, -0.2) is 10.9 Å². The molecule has 0 aliphatic carbocycles. The molecular weight excluding hydrogens is 472 g/mol. The fourth-order valence-corrected chi connectivity index (χ4v) is 2.48. The average molecular weight is 484 g/mol. The maximum Gasteiger partial charge on any atom is 0.275 e. The Kier molecular flexibility index (Phi) is 6.87. The van der Waals surface area contributed by atoms with E-state index in [2.05, 4.69) is 52.9 Å². The van der Waals surface area contributed by atoms with Crippen molar-refractivity contribution in [3.05, 3.63) is 56.5 Å². The van der Waals surface area contributed by atoms with Crippen LogP contribution < -0.4 is 10.9 Å². The highest BCUT2D eigenvalue weighted by molar-refractivity contribution is 9.10. The van der Waals surface area contributed by atoms with Crippen LogP contribution in [0.5, 0.6) is 11.5 Å². The van der Waals surface area contributed by atoms with Gasteiger partial charge in [0.15, 0.2) is 0 Å². The number of phenols is 2. The van der Waals surface area contributed by atoms with Crippen molar-refractivity contribution >= 4 is 56.1 Å². The minimum atomic E-state index is -0.614. The van der Waals surface area contributed by atoms with E-state index in [1.54, 1.807) is 12.1 Å². The Morgan fingerprint density at radius 1 is 0.808 bits per heavy atom. The first-order chi connectivity index (χ1) is 12.4. The van der Waals surface area contributed by atoms with Crippen molar-refractivity contribution < 1.29 is 19.8 Å². The summed E-state index contributed by atoms with van der Waals surface area (Å²) in [5.74, 6) is -1.60. The SMILES string of the molecule is O=C(N/N=C/C=N/NC(=O)c1cc(Br)ccc1O)c1cc(Br)ccc1O. The van der Waals surface area contributed by atoms with E-state index in [4.69, 9.17) is 0 Å². The summed E-state index contributed by atoms with van der Waals surface area (Å²) in [5.41, 5.74) is 4.50. The fourth-order valence-electron chi connectivity index (χ4n) is 1.76. The van der Waals surface area contributed by atoms with Crippen LogP contribution in [0.1, 0.15) is 20.7 Å². The number of nitrogens with zero attached hydrogens (tertiary/aromatic N) is 2. The van der Waals surface area contributed by atoms with Crippen LogP contribution in [0.2, 0.25) is 0 Å². The number of carbonyl (C=O) groups excluding carboxylic acids is 2. The summed E-state index contributed by atoms with van der Waals surface area (Å²) >= 11 is 6.40. The number of hydrogen-bond donors (Lipinski definition) is 4. The van der Waals surface area contributed by atoms with Crippen molar-refractivity contribution in [3.63, 3.8) is 0 Å². The lowest BCUT2D eigenvalue weighted by Gasteiger charge is -2.03. The molecule has 2 aromatic rings. The predicted molar refractivity (Wildman–Crippen MR) is 104 cm³/mol. The Morgan fingerprint density at radius 2 is 1.19 bits per heavy atom. The highest BCUT2D eigenvalue weighted by Gasteiger charge is 2.11. The molecule has 0 saturated heterocycles. The molecule has 0 aliphatic heterocycles. The number of aromatic hydroxyl groups is 2. The second-order valence-corrected chi connectivity index (χ2v) is 6.59. The number of benzene rings is 2. The van der Waals surface area contributed by atoms with Gasteiger partial charge in [-0.05, 0) is 36.4 Å². The number of carbonyl (C=O) groups is 2. The van der Waals surface area contributed by atoms with Crippen LogP contribution in [0.3, 0.4) is 0 Å². The minimum absolute atomic E-state index is 0.0481. The second kappa shape index (κ2) is 9.11. The van der Waals surface area contributed by atoms with Gasteiger partial charge in [-0.1, -0.05) is 31.9 Å². The lowest BCUT2D eigenvalue weighted by molar-refractivity contribution is 0.0943. The van der Waals surface area contributed by atoms with Gasteiger partial charge >= 0.3 is 0 Å². The zero-order chi connectivity index (χ0) is 19.1. The summed E-state index contributed by atoms with van der Waals surface area (Å²) in [6.07, 6.45) is 2.27. The summed E-state index contributed by atoms with van der Waals surface area (Å²) in [6, 6.07) is 8.81. The molecule has 0 aliphatic rings. The molecule has 0 aromatic heterocycles. The molecule has 8 nitrogen and oxygen atoms in total. The summed E-state index contributed by atoms with van der Waals surface area (Å²) in [6.45, 7) is 0. The topological polar surface area (TPSA) is 123 Å².